The number of carbonyl (C=O) groups excluding carboxylic acids is 3. The number of aliphatic hydroxyl groups is 1. The van der Waals surface area contributed by atoms with E-state index in [2.05, 4.69) is 0 Å². The van der Waals surface area contributed by atoms with Crippen LogP contribution in [0.4, 0.5) is 10.5 Å². The van der Waals surface area contributed by atoms with Crippen molar-refractivity contribution in [2.45, 2.75) is 18.6 Å². The second kappa shape index (κ2) is 9.14. The number of nitrogens with zero attached hydrogens (tertiary/aromatic N) is 2. The largest absolute Gasteiger partial charge is 0.456 e. The molecule has 2 unspecified atom stereocenters. The Morgan fingerprint density at radius 2 is 1.77 bits per heavy atom. The number of nitro groups is 1. The number of β-amino-alcohol motifs (C(OH)–C–C–N with tert-alkyl or cyclic N) is 1. The summed E-state index contributed by atoms with van der Waals surface area (Å²) in [7, 11) is 0. The van der Waals surface area contributed by atoms with E-state index in [9.17, 15) is 29.6 Å². The second-order valence-corrected chi connectivity index (χ2v) is 6.57. The number of aliphatic hydroxyl groups excluding tert-OH is 1. The van der Waals surface area contributed by atoms with Gasteiger partial charge >= 0.3 is 12.1 Å². The summed E-state index contributed by atoms with van der Waals surface area (Å²) >= 11 is 0. The van der Waals surface area contributed by atoms with Crippen LogP contribution in [0.1, 0.15) is 16.8 Å². The number of hydrogen-bond donors (Lipinski definition) is 1. The van der Waals surface area contributed by atoms with Crippen LogP contribution in [0.3, 0.4) is 0 Å². The highest BCUT2D eigenvalue weighted by Gasteiger charge is 2.41. The molecule has 0 aromatic heterocycles. The minimum absolute atomic E-state index is 0.0472. The van der Waals surface area contributed by atoms with Gasteiger partial charge in [-0.1, -0.05) is 18.2 Å². The number of likely N-dealkylation sites (tertiary alicyclic amines) is 1. The van der Waals surface area contributed by atoms with E-state index in [1.165, 1.54) is 24.3 Å². The zero-order valence-electron chi connectivity index (χ0n) is 15.7. The highest BCUT2D eigenvalue weighted by atomic mass is 16.6. The Balaban J connectivity index is 1.59. The summed E-state index contributed by atoms with van der Waals surface area (Å²) < 4.78 is 10.2. The van der Waals surface area contributed by atoms with Crippen molar-refractivity contribution in [3.8, 4) is 5.75 Å². The minimum Gasteiger partial charge on any atom is -0.456 e. The number of hydrogen-bond acceptors (Lipinski definition) is 8. The Bertz CT molecular complexity index is 945. The molecule has 3 rings (SSSR count). The van der Waals surface area contributed by atoms with Gasteiger partial charge < -0.3 is 14.6 Å². The van der Waals surface area contributed by atoms with Crippen molar-refractivity contribution in [1.29, 1.82) is 0 Å². The Labute approximate surface area is 170 Å². The average molecular weight is 414 g/mol. The molecule has 2 atom stereocenters. The van der Waals surface area contributed by atoms with E-state index in [4.69, 9.17) is 9.47 Å². The lowest BCUT2D eigenvalue weighted by Crippen LogP contribution is -2.43. The van der Waals surface area contributed by atoms with Crippen LogP contribution in [-0.4, -0.2) is 58.1 Å². The van der Waals surface area contributed by atoms with Crippen molar-refractivity contribution in [2.75, 3.05) is 13.2 Å². The van der Waals surface area contributed by atoms with Crippen molar-refractivity contribution in [2.24, 2.45) is 0 Å². The molecule has 2 aromatic carbocycles. The van der Waals surface area contributed by atoms with Crippen LogP contribution in [0, 0.1) is 10.1 Å². The van der Waals surface area contributed by atoms with Crippen LogP contribution in [0.15, 0.2) is 54.6 Å². The fraction of sp³-hybridized carbons (Fsp3) is 0.250. The maximum atomic E-state index is 12.4. The van der Waals surface area contributed by atoms with E-state index < -0.39 is 41.5 Å². The summed E-state index contributed by atoms with van der Waals surface area (Å²) in [5.74, 6) is -1.13. The van der Waals surface area contributed by atoms with E-state index >= 15 is 0 Å². The number of Topliss-reactive ketones (excluding diaryl/α,β-unsaturated/α-hetero) is 1. The van der Waals surface area contributed by atoms with Crippen molar-refractivity contribution < 1.29 is 33.9 Å². The molecule has 1 aliphatic heterocycles. The molecule has 0 radical (unpaired) electrons. The minimum atomic E-state index is -1.10. The third-order valence-electron chi connectivity index (χ3n) is 4.48. The topological polar surface area (TPSA) is 136 Å². The number of carbonyl (C=O) groups is 3. The Morgan fingerprint density at radius 1 is 1.10 bits per heavy atom. The van der Waals surface area contributed by atoms with Gasteiger partial charge in [0.25, 0.3) is 5.69 Å². The van der Waals surface area contributed by atoms with E-state index in [0.29, 0.717) is 0 Å². The molecule has 0 bridgehead atoms. The fourth-order valence-electron chi connectivity index (χ4n) is 2.97. The monoisotopic (exact) mass is 414 g/mol. The maximum Gasteiger partial charge on any atom is 0.416 e. The summed E-state index contributed by atoms with van der Waals surface area (Å²) in [5.41, 5.74) is -0.0312. The smallest absolute Gasteiger partial charge is 0.416 e. The first-order valence-corrected chi connectivity index (χ1v) is 9.01. The van der Waals surface area contributed by atoms with E-state index in [-0.39, 0.29) is 30.0 Å². The Morgan fingerprint density at radius 3 is 2.40 bits per heavy atom. The van der Waals surface area contributed by atoms with Gasteiger partial charge in [0.05, 0.1) is 17.6 Å². The highest BCUT2D eigenvalue weighted by Crippen LogP contribution is 2.22. The number of non-ortho nitro benzene ring substituents is 1. The van der Waals surface area contributed by atoms with Gasteiger partial charge in [0.15, 0.2) is 12.4 Å². The van der Waals surface area contributed by atoms with Crippen molar-refractivity contribution >= 4 is 23.5 Å². The fourth-order valence-corrected chi connectivity index (χ4v) is 2.97. The molecule has 0 saturated carbocycles. The van der Waals surface area contributed by atoms with Crippen molar-refractivity contribution in [1.82, 2.24) is 4.90 Å². The third kappa shape index (κ3) is 4.97. The molecule has 1 aliphatic rings. The third-order valence-corrected chi connectivity index (χ3v) is 4.48. The van der Waals surface area contributed by atoms with Crippen LogP contribution in [0.2, 0.25) is 0 Å². The van der Waals surface area contributed by atoms with Crippen LogP contribution < -0.4 is 4.74 Å². The molecule has 1 heterocycles. The molecule has 30 heavy (non-hydrogen) atoms. The molecule has 10 nitrogen and oxygen atoms in total. The molecular weight excluding hydrogens is 396 g/mol. The van der Waals surface area contributed by atoms with Crippen LogP contribution >= 0.6 is 0 Å². The zero-order chi connectivity index (χ0) is 21.7. The zero-order valence-corrected chi connectivity index (χ0v) is 15.7. The molecule has 1 amide bonds. The van der Waals surface area contributed by atoms with E-state index in [1.54, 1.807) is 30.3 Å². The van der Waals surface area contributed by atoms with Crippen LogP contribution in [0.25, 0.3) is 0 Å². The summed E-state index contributed by atoms with van der Waals surface area (Å²) in [6.45, 7) is -0.716. The van der Waals surface area contributed by atoms with Crippen molar-refractivity contribution in [3.05, 3.63) is 70.3 Å². The molecular formula is C20H18N2O8. The summed E-state index contributed by atoms with van der Waals surface area (Å²) in [4.78, 5) is 48.1. The number of esters is 1. The summed E-state index contributed by atoms with van der Waals surface area (Å²) in [5, 5.41) is 20.5. The number of ketones is 1. The quantitative estimate of drug-likeness (QED) is 0.328. The van der Waals surface area contributed by atoms with E-state index in [1.807, 2.05) is 0 Å². The number of amides is 1. The number of para-hydroxylation sites is 1. The van der Waals surface area contributed by atoms with Crippen LogP contribution in [-0.2, 0) is 9.53 Å². The molecule has 156 valence electrons. The first kappa shape index (κ1) is 20.9. The molecule has 2 aromatic rings. The van der Waals surface area contributed by atoms with Gasteiger partial charge in [-0.2, -0.15) is 0 Å². The molecule has 10 heteroatoms. The number of nitro benzene ring substituents is 1. The summed E-state index contributed by atoms with van der Waals surface area (Å²) in [6, 6.07) is 12.0. The Kier molecular flexibility index (Phi) is 6.38. The molecule has 1 fully saturated rings. The van der Waals surface area contributed by atoms with Crippen molar-refractivity contribution in [3.63, 3.8) is 0 Å². The molecule has 1 N–H and O–H groups in total. The first-order valence-electron chi connectivity index (χ1n) is 9.01. The second-order valence-electron chi connectivity index (χ2n) is 6.57. The first-order chi connectivity index (χ1) is 14.3. The number of benzene rings is 2. The highest BCUT2D eigenvalue weighted by molar-refractivity contribution is 5.98. The Hall–Kier alpha value is -3.79. The molecule has 1 saturated heterocycles. The van der Waals surface area contributed by atoms with Crippen LogP contribution in [0.5, 0.6) is 5.75 Å². The van der Waals surface area contributed by atoms with Gasteiger partial charge in [-0.25, -0.2) is 9.59 Å². The number of ether oxygens (including phenoxy) is 2. The van der Waals surface area contributed by atoms with Gasteiger partial charge in [0, 0.05) is 24.1 Å². The van der Waals surface area contributed by atoms with Gasteiger partial charge in [0.1, 0.15) is 11.8 Å². The molecule has 0 spiro atoms. The normalized spacial score (nSPS) is 18.0. The standard InChI is InChI=1S/C20H18N2O8/c23-15-10-17(21(11-15)20(26)30-16-4-2-1-3-5-16)19(25)29-12-18(24)13-6-8-14(9-7-13)22(27)28/h1-9,15,17,23H,10-12H2. The predicted octanol–water partition coefficient (Wildman–Crippen LogP) is 1.95. The van der Waals surface area contributed by atoms with Gasteiger partial charge in [-0.05, 0) is 24.3 Å². The maximum absolute atomic E-state index is 12.4. The van der Waals surface area contributed by atoms with E-state index in [0.717, 1.165) is 4.90 Å². The average Bonchev–Trinajstić information content (AvgIpc) is 3.14. The lowest BCUT2D eigenvalue weighted by molar-refractivity contribution is -0.384. The summed E-state index contributed by atoms with van der Waals surface area (Å²) in [6.07, 6.45) is -1.80. The lowest BCUT2D eigenvalue weighted by Gasteiger charge is -2.22. The molecule has 0 aliphatic carbocycles. The predicted molar refractivity (Wildman–Crippen MR) is 102 cm³/mol. The van der Waals surface area contributed by atoms with Gasteiger partial charge in [-0.3, -0.25) is 19.8 Å². The SMILES string of the molecule is O=C(COC(=O)C1CC(O)CN1C(=O)Oc1ccccc1)c1ccc([N+](=O)[O-])cc1. The van der Waals surface area contributed by atoms with Gasteiger partial charge in [0.2, 0.25) is 0 Å². The lowest BCUT2D eigenvalue weighted by atomic mass is 10.1. The number of rotatable bonds is 6. The van der Waals surface area contributed by atoms with Gasteiger partial charge in [-0.15, -0.1) is 0 Å².